The molecule has 0 aromatic carbocycles. The number of pyridine rings is 1. The zero-order chi connectivity index (χ0) is 10.1. The second-order valence-electron chi connectivity index (χ2n) is 2.82. The third kappa shape index (κ3) is 1.17. The lowest BCUT2D eigenvalue weighted by Gasteiger charge is -2.06. The van der Waals surface area contributed by atoms with Gasteiger partial charge in [0.1, 0.15) is 13.5 Å². The van der Waals surface area contributed by atoms with Gasteiger partial charge in [-0.25, -0.2) is 9.78 Å². The maximum atomic E-state index is 11.4. The standard InChI is InChI=1S/C9H7BN2O2/c1-14-9(13)8-7(10)3-2-6-4-11-5-12(6)8/h2-5H,1H3. The van der Waals surface area contributed by atoms with Crippen LogP contribution in [0.1, 0.15) is 10.5 Å². The van der Waals surface area contributed by atoms with Gasteiger partial charge in [0.15, 0.2) is 0 Å². The van der Waals surface area contributed by atoms with E-state index in [-0.39, 0.29) is 0 Å². The van der Waals surface area contributed by atoms with Gasteiger partial charge in [-0.15, -0.1) is 0 Å². The van der Waals surface area contributed by atoms with Crippen molar-refractivity contribution in [3.63, 3.8) is 0 Å². The van der Waals surface area contributed by atoms with Gasteiger partial charge < -0.3 is 4.74 Å². The van der Waals surface area contributed by atoms with Crippen LogP contribution in [0.2, 0.25) is 0 Å². The molecule has 0 aliphatic carbocycles. The molecule has 2 aromatic heterocycles. The van der Waals surface area contributed by atoms with Crippen molar-refractivity contribution in [1.82, 2.24) is 9.38 Å². The van der Waals surface area contributed by atoms with Crippen molar-refractivity contribution in [2.24, 2.45) is 0 Å². The third-order valence-corrected chi connectivity index (χ3v) is 1.99. The van der Waals surface area contributed by atoms with Gasteiger partial charge >= 0.3 is 5.97 Å². The Morgan fingerprint density at radius 1 is 1.57 bits per heavy atom. The predicted octanol–water partition coefficient (Wildman–Crippen LogP) is -0.0853. The molecule has 2 aromatic rings. The lowest BCUT2D eigenvalue weighted by molar-refractivity contribution is 0.0594. The summed E-state index contributed by atoms with van der Waals surface area (Å²) in [6, 6.07) is 3.44. The lowest BCUT2D eigenvalue weighted by Crippen LogP contribution is -2.21. The average molecular weight is 186 g/mol. The van der Waals surface area contributed by atoms with E-state index in [1.807, 2.05) is 0 Å². The van der Waals surface area contributed by atoms with Crippen molar-refractivity contribution >= 4 is 24.8 Å². The molecule has 0 N–H and O–H groups in total. The lowest BCUT2D eigenvalue weighted by atomic mass is 9.94. The molecule has 0 saturated carbocycles. The van der Waals surface area contributed by atoms with E-state index in [9.17, 15) is 4.79 Å². The zero-order valence-electron chi connectivity index (χ0n) is 7.60. The fourth-order valence-electron chi connectivity index (χ4n) is 1.32. The number of ether oxygens (including phenoxy) is 1. The number of hydrogen-bond acceptors (Lipinski definition) is 3. The van der Waals surface area contributed by atoms with E-state index in [0.717, 1.165) is 5.52 Å². The number of imidazole rings is 1. The van der Waals surface area contributed by atoms with Crippen LogP contribution in [0.4, 0.5) is 0 Å². The fraction of sp³-hybridized carbons (Fsp3) is 0.111. The Kier molecular flexibility index (Phi) is 2.00. The molecule has 0 spiro atoms. The molecule has 5 heteroatoms. The molecule has 0 unspecified atom stereocenters. The summed E-state index contributed by atoms with van der Waals surface area (Å²) in [6.07, 6.45) is 3.17. The van der Waals surface area contributed by atoms with Gasteiger partial charge in [-0.05, 0) is 6.07 Å². The number of carbonyl (C=O) groups excluding carboxylic acids is 1. The molecule has 2 heterocycles. The van der Waals surface area contributed by atoms with Crippen LogP contribution < -0.4 is 5.46 Å². The van der Waals surface area contributed by atoms with Crippen molar-refractivity contribution in [3.05, 3.63) is 30.4 Å². The van der Waals surface area contributed by atoms with E-state index in [4.69, 9.17) is 7.85 Å². The van der Waals surface area contributed by atoms with Gasteiger partial charge in [0.2, 0.25) is 0 Å². The van der Waals surface area contributed by atoms with Crippen LogP contribution in [0.5, 0.6) is 0 Å². The molecular weight excluding hydrogens is 179 g/mol. The van der Waals surface area contributed by atoms with Crippen molar-refractivity contribution < 1.29 is 9.53 Å². The van der Waals surface area contributed by atoms with E-state index < -0.39 is 5.97 Å². The Bertz CT molecular complexity index is 493. The Morgan fingerprint density at radius 2 is 2.36 bits per heavy atom. The monoisotopic (exact) mass is 186 g/mol. The topological polar surface area (TPSA) is 43.6 Å². The molecule has 0 fully saturated rings. The summed E-state index contributed by atoms with van der Waals surface area (Å²) in [4.78, 5) is 15.3. The van der Waals surface area contributed by atoms with Crippen LogP contribution in [0, 0.1) is 0 Å². The summed E-state index contributed by atoms with van der Waals surface area (Å²) >= 11 is 0. The first-order valence-electron chi connectivity index (χ1n) is 4.03. The minimum atomic E-state index is -0.467. The summed E-state index contributed by atoms with van der Waals surface area (Å²) in [6.45, 7) is 0. The highest BCUT2D eigenvalue weighted by Gasteiger charge is 2.12. The minimum absolute atomic E-state index is 0.308. The highest BCUT2D eigenvalue weighted by Crippen LogP contribution is 2.05. The van der Waals surface area contributed by atoms with Crippen LogP contribution in [-0.2, 0) is 4.74 Å². The van der Waals surface area contributed by atoms with E-state index in [1.165, 1.54) is 13.4 Å². The number of aromatic nitrogens is 2. The number of esters is 1. The highest BCUT2D eigenvalue weighted by molar-refractivity contribution is 6.35. The predicted molar refractivity (Wildman–Crippen MR) is 51.9 cm³/mol. The van der Waals surface area contributed by atoms with Gasteiger partial charge in [0.05, 0.1) is 25.2 Å². The van der Waals surface area contributed by atoms with E-state index in [1.54, 1.807) is 22.7 Å². The normalized spacial score (nSPS) is 10.4. The first kappa shape index (κ1) is 8.81. The largest absolute Gasteiger partial charge is 0.464 e. The van der Waals surface area contributed by atoms with E-state index in [2.05, 4.69) is 9.72 Å². The van der Waals surface area contributed by atoms with Gasteiger partial charge in [-0.1, -0.05) is 11.5 Å². The smallest absolute Gasteiger partial charge is 0.354 e. The molecule has 2 radical (unpaired) electrons. The van der Waals surface area contributed by atoms with Crippen LogP contribution in [0.25, 0.3) is 5.52 Å². The SMILES string of the molecule is [B]c1ccc2cncn2c1C(=O)OC. The molecule has 0 aliphatic heterocycles. The fourth-order valence-corrected chi connectivity index (χ4v) is 1.32. The minimum Gasteiger partial charge on any atom is -0.464 e. The Balaban J connectivity index is 2.76. The molecule has 0 aliphatic rings. The number of rotatable bonds is 1. The molecular formula is C9H7BN2O2. The van der Waals surface area contributed by atoms with Gasteiger partial charge in [-0.3, -0.25) is 4.40 Å². The van der Waals surface area contributed by atoms with Crippen LogP contribution in [-0.4, -0.2) is 30.3 Å². The first-order chi connectivity index (χ1) is 6.74. The summed E-state index contributed by atoms with van der Waals surface area (Å²) in [7, 11) is 6.99. The zero-order valence-corrected chi connectivity index (χ0v) is 7.60. The third-order valence-electron chi connectivity index (χ3n) is 1.99. The van der Waals surface area contributed by atoms with E-state index in [0.29, 0.717) is 11.2 Å². The van der Waals surface area contributed by atoms with Crippen molar-refractivity contribution in [1.29, 1.82) is 0 Å². The van der Waals surface area contributed by atoms with Crippen LogP contribution in [0.15, 0.2) is 24.7 Å². The quantitative estimate of drug-likeness (QED) is 0.461. The molecule has 0 bridgehead atoms. The molecule has 14 heavy (non-hydrogen) atoms. The molecule has 0 saturated heterocycles. The molecule has 0 atom stereocenters. The number of methoxy groups -OCH3 is 1. The maximum Gasteiger partial charge on any atom is 0.354 e. The van der Waals surface area contributed by atoms with Crippen molar-refractivity contribution in [3.8, 4) is 0 Å². The first-order valence-corrected chi connectivity index (χ1v) is 4.03. The van der Waals surface area contributed by atoms with Gasteiger partial charge in [0.25, 0.3) is 0 Å². The average Bonchev–Trinajstić information content (AvgIpc) is 2.64. The molecule has 0 amide bonds. The Hall–Kier alpha value is -1.78. The molecule has 2 rings (SSSR count). The Labute approximate surface area is 81.9 Å². The number of hydrogen-bond donors (Lipinski definition) is 0. The number of nitrogens with zero attached hydrogens (tertiary/aromatic N) is 2. The van der Waals surface area contributed by atoms with Gasteiger partial charge in [-0.2, -0.15) is 0 Å². The summed E-state index contributed by atoms with van der Waals surface area (Å²) in [5, 5.41) is 0. The summed E-state index contributed by atoms with van der Waals surface area (Å²) in [5.41, 5.74) is 1.49. The maximum absolute atomic E-state index is 11.4. The Morgan fingerprint density at radius 3 is 3.07 bits per heavy atom. The van der Waals surface area contributed by atoms with Crippen molar-refractivity contribution in [2.45, 2.75) is 0 Å². The summed E-state index contributed by atoms with van der Waals surface area (Å²) in [5.74, 6) is -0.467. The second kappa shape index (κ2) is 3.18. The number of carbonyl (C=O) groups is 1. The molecule has 68 valence electrons. The molecule has 4 nitrogen and oxygen atoms in total. The van der Waals surface area contributed by atoms with E-state index >= 15 is 0 Å². The number of fused-ring (bicyclic) bond motifs is 1. The highest BCUT2D eigenvalue weighted by atomic mass is 16.5. The van der Waals surface area contributed by atoms with Crippen molar-refractivity contribution in [2.75, 3.05) is 7.11 Å². The summed E-state index contributed by atoms with van der Waals surface area (Å²) < 4.78 is 6.23. The van der Waals surface area contributed by atoms with Crippen LogP contribution in [0.3, 0.4) is 0 Å². The van der Waals surface area contributed by atoms with Crippen LogP contribution >= 0.6 is 0 Å². The second-order valence-corrected chi connectivity index (χ2v) is 2.82. The van der Waals surface area contributed by atoms with Gasteiger partial charge in [0, 0.05) is 0 Å².